The lowest BCUT2D eigenvalue weighted by Gasteiger charge is -2.18. The molecule has 112 valence electrons. The predicted molar refractivity (Wildman–Crippen MR) is 83.1 cm³/mol. The molecule has 5 nitrogen and oxygen atoms in total. The average molecular weight is 330 g/mol. The molecule has 0 aliphatic rings. The van der Waals surface area contributed by atoms with Crippen molar-refractivity contribution in [1.82, 2.24) is 15.0 Å². The summed E-state index contributed by atoms with van der Waals surface area (Å²) < 4.78 is 13.9. The number of benzene rings is 1. The molecular weight excluding hydrogens is 316 g/mol. The summed E-state index contributed by atoms with van der Waals surface area (Å²) in [4.78, 5) is 14.2. The molecule has 0 aliphatic heterocycles. The lowest BCUT2D eigenvalue weighted by Crippen LogP contribution is -2.24. The van der Waals surface area contributed by atoms with Gasteiger partial charge in [-0.2, -0.15) is 15.0 Å². The molecular formula is C13H14Cl2FN5. The molecule has 0 unspecified atom stereocenters. The van der Waals surface area contributed by atoms with Crippen LogP contribution in [-0.4, -0.2) is 28.0 Å². The Kier molecular flexibility index (Phi) is 5.14. The Morgan fingerprint density at radius 1 is 1.14 bits per heavy atom. The number of aromatic nitrogens is 3. The summed E-state index contributed by atoms with van der Waals surface area (Å²) in [6, 6.07) is 4.63. The minimum absolute atomic E-state index is 0.0177. The van der Waals surface area contributed by atoms with Crippen molar-refractivity contribution in [2.45, 2.75) is 13.8 Å². The van der Waals surface area contributed by atoms with Gasteiger partial charge in [0.1, 0.15) is 0 Å². The molecule has 0 amide bonds. The van der Waals surface area contributed by atoms with E-state index in [9.17, 15) is 4.39 Å². The average Bonchev–Trinajstić information content (AvgIpc) is 2.45. The summed E-state index contributed by atoms with van der Waals surface area (Å²) in [5.41, 5.74) is 0.176. The van der Waals surface area contributed by atoms with E-state index in [1.807, 2.05) is 18.7 Å². The van der Waals surface area contributed by atoms with Gasteiger partial charge < -0.3 is 10.2 Å². The number of nitrogens with one attached hydrogen (secondary N) is 1. The highest BCUT2D eigenvalue weighted by molar-refractivity contribution is 6.31. The summed E-state index contributed by atoms with van der Waals surface area (Å²) in [7, 11) is 0. The van der Waals surface area contributed by atoms with Crippen LogP contribution < -0.4 is 10.2 Å². The van der Waals surface area contributed by atoms with Crippen LogP contribution in [0.5, 0.6) is 0 Å². The van der Waals surface area contributed by atoms with Crippen LogP contribution >= 0.6 is 23.2 Å². The maximum absolute atomic E-state index is 13.9. The van der Waals surface area contributed by atoms with Crippen molar-refractivity contribution >= 4 is 40.8 Å². The second-order valence-corrected chi connectivity index (χ2v) is 4.87. The lowest BCUT2D eigenvalue weighted by molar-refractivity contribution is 0.632. The van der Waals surface area contributed by atoms with Crippen molar-refractivity contribution in [3.05, 3.63) is 34.3 Å². The summed E-state index contributed by atoms with van der Waals surface area (Å²) in [6.07, 6.45) is 0. The Labute approximate surface area is 132 Å². The molecule has 0 radical (unpaired) electrons. The first-order valence-electron chi connectivity index (χ1n) is 6.42. The highest BCUT2D eigenvalue weighted by Gasteiger charge is 2.12. The van der Waals surface area contributed by atoms with Crippen LogP contribution in [-0.2, 0) is 0 Å². The van der Waals surface area contributed by atoms with Gasteiger partial charge in [-0.05, 0) is 37.6 Å². The third-order valence-corrected chi connectivity index (χ3v) is 3.30. The van der Waals surface area contributed by atoms with Crippen LogP contribution in [0.1, 0.15) is 13.8 Å². The molecule has 1 heterocycles. The first-order chi connectivity index (χ1) is 10.0. The molecule has 0 atom stereocenters. The van der Waals surface area contributed by atoms with Gasteiger partial charge in [0.2, 0.25) is 17.2 Å². The second-order valence-electron chi connectivity index (χ2n) is 4.13. The number of hydrogen-bond acceptors (Lipinski definition) is 5. The number of halogens is 3. The zero-order valence-electron chi connectivity index (χ0n) is 11.6. The number of rotatable bonds is 5. The molecule has 1 aromatic carbocycles. The summed E-state index contributed by atoms with van der Waals surface area (Å²) in [5, 5.41) is 2.82. The van der Waals surface area contributed by atoms with Gasteiger partial charge in [0.05, 0.1) is 10.7 Å². The molecule has 0 fully saturated rings. The minimum atomic E-state index is -0.569. The largest absolute Gasteiger partial charge is 0.341 e. The van der Waals surface area contributed by atoms with Crippen molar-refractivity contribution in [1.29, 1.82) is 0 Å². The third kappa shape index (κ3) is 3.71. The van der Waals surface area contributed by atoms with Crippen molar-refractivity contribution in [3.8, 4) is 0 Å². The van der Waals surface area contributed by atoms with Crippen molar-refractivity contribution in [2.75, 3.05) is 23.3 Å². The normalized spacial score (nSPS) is 10.5. The monoisotopic (exact) mass is 329 g/mol. The molecule has 2 aromatic rings. The molecule has 8 heteroatoms. The van der Waals surface area contributed by atoms with E-state index in [2.05, 4.69) is 20.3 Å². The molecule has 2 rings (SSSR count). The topological polar surface area (TPSA) is 53.9 Å². The van der Waals surface area contributed by atoms with Crippen molar-refractivity contribution < 1.29 is 4.39 Å². The van der Waals surface area contributed by atoms with Gasteiger partial charge in [0.15, 0.2) is 5.82 Å². The highest BCUT2D eigenvalue weighted by atomic mass is 35.5. The van der Waals surface area contributed by atoms with Gasteiger partial charge >= 0.3 is 0 Å². The molecule has 0 bridgehead atoms. The van der Waals surface area contributed by atoms with E-state index < -0.39 is 5.82 Å². The molecule has 1 N–H and O–H groups in total. The molecule has 0 saturated carbocycles. The van der Waals surface area contributed by atoms with E-state index >= 15 is 0 Å². The zero-order chi connectivity index (χ0) is 15.4. The van der Waals surface area contributed by atoms with E-state index in [1.54, 1.807) is 6.07 Å². The number of nitrogens with zero attached hydrogens (tertiary/aromatic N) is 4. The Balaban J connectivity index is 2.34. The van der Waals surface area contributed by atoms with Crippen LogP contribution in [0.2, 0.25) is 10.3 Å². The van der Waals surface area contributed by atoms with Gasteiger partial charge in [0.25, 0.3) is 0 Å². The van der Waals surface area contributed by atoms with E-state index in [4.69, 9.17) is 23.2 Å². The van der Waals surface area contributed by atoms with Crippen LogP contribution in [0.15, 0.2) is 18.2 Å². The maximum atomic E-state index is 13.9. The van der Waals surface area contributed by atoms with Gasteiger partial charge in [-0.1, -0.05) is 17.7 Å². The maximum Gasteiger partial charge on any atom is 0.233 e. The lowest BCUT2D eigenvalue weighted by atomic mass is 10.3. The van der Waals surface area contributed by atoms with Gasteiger partial charge in [-0.3, -0.25) is 0 Å². The van der Waals surface area contributed by atoms with Crippen LogP contribution in [0.25, 0.3) is 0 Å². The van der Waals surface area contributed by atoms with E-state index in [0.717, 1.165) is 13.1 Å². The summed E-state index contributed by atoms with van der Waals surface area (Å²) >= 11 is 11.6. The molecule has 1 aromatic heterocycles. The van der Waals surface area contributed by atoms with Gasteiger partial charge in [-0.25, -0.2) is 4.39 Å². The summed E-state index contributed by atoms with van der Waals surface area (Å²) in [6.45, 7) is 5.40. The fourth-order valence-electron chi connectivity index (χ4n) is 1.76. The fourth-order valence-corrected chi connectivity index (χ4v) is 2.09. The Morgan fingerprint density at radius 2 is 1.86 bits per heavy atom. The number of hydrogen-bond donors (Lipinski definition) is 1. The molecule has 0 spiro atoms. The first-order valence-corrected chi connectivity index (χ1v) is 7.18. The molecule has 0 saturated heterocycles. The van der Waals surface area contributed by atoms with Crippen molar-refractivity contribution in [3.63, 3.8) is 0 Å². The fraction of sp³-hybridized carbons (Fsp3) is 0.308. The van der Waals surface area contributed by atoms with Crippen LogP contribution in [0.4, 0.5) is 22.0 Å². The molecule has 21 heavy (non-hydrogen) atoms. The van der Waals surface area contributed by atoms with Gasteiger partial charge in [0, 0.05) is 13.1 Å². The minimum Gasteiger partial charge on any atom is -0.341 e. The van der Waals surface area contributed by atoms with Crippen molar-refractivity contribution in [2.24, 2.45) is 0 Å². The summed E-state index contributed by atoms with van der Waals surface area (Å²) in [5.74, 6) is 0.0306. The van der Waals surface area contributed by atoms with Gasteiger partial charge in [-0.15, -0.1) is 0 Å². The third-order valence-electron chi connectivity index (χ3n) is 2.84. The molecule has 0 aliphatic carbocycles. The van der Waals surface area contributed by atoms with E-state index in [0.29, 0.717) is 5.95 Å². The zero-order valence-corrected chi connectivity index (χ0v) is 13.1. The quantitative estimate of drug-likeness (QED) is 0.901. The smallest absolute Gasteiger partial charge is 0.233 e. The SMILES string of the molecule is CCN(CC)c1nc(Cl)nc(Nc2cccc(Cl)c2F)n1. The second kappa shape index (κ2) is 6.87. The number of anilines is 3. The van der Waals surface area contributed by atoms with Crippen LogP contribution in [0, 0.1) is 5.82 Å². The van der Waals surface area contributed by atoms with E-state index in [-0.39, 0.29) is 21.9 Å². The first kappa shape index (κ1) is 15.7. The van der Waals surface area contributed by atoms with Crippen LogP contribution in [0.3, 0.4) is 0 Å². The highest BCUT2D eigenvalue weighted by Crippen LogP contribution is 2.25. The predicted octanol–water partition coefficient (Wildman–Crippen LogP) is 3.91. The Morgan fingerprint density at radius 3 is 2.52 bits per heavy atom. The standard InChI is InChI=1S/C13H14Cl2FN5/c1-3-21(4-2)13-19-11(15)18-12(20-13)17-9-7-5-6-8(14)10(9)16/h5-7H,3-4H2,1-2H3,(H,17,18,19,20). The Bertz CT molecular complexity index is 634. The van der Waals surface area contributed by atoms with E-state index in [1.165, 1.54) is 12.1 Å². The Hall–Kier alpha value is -1.66.